The van der Waals surface area contributed by atoms with Gasteiger partial charge in [-0.15, -0.1) is 5.10 Å². The van der Waals surface area contributed by atoms with Gasteiger partial charge in [-0.1, -0.05) is 18.9 Å². The maximum atomic E-state index is 5.73. The first-order valence-corrected chi connectivity index (χ1v) is 7.68. The number of aromatic nitrogens is 2. The molecule has 2 N–H and O–H groups in total. The molecule has 1 fully saturated rings. The SMILES string of the molecule is CCOC1CC(Nc2nnc(CNC(C)(C)C)o2)C1(C)C. The second-order valence-electron chi connectivity index (χ2n) is 7.30. The minimum Gasteiger partial charge on any atom is -0.407 e. The molecule has 0 amide bonds. The largest absolute Gasteiger partial charge is 0.407 e. The van der Waals surface area contributed by atoms with Crippen LogP contribution in [0.3, 0.4) is 0 Å². The molecule has 21 heavy (non-hydrogen) atoms. The van der Waals surface area contributed by atoms with Crippen molar-refractivity contribution in [1.82, 2.24) is 15.5 Å². The molecule has 0 spiro atoms. The molecular formula is C15H28N4O2. The number of hydrogen-bond donors (Lipinski definition) is 2. The first-order valence-electron chi connectivity index (χ1n) is 7.68. The van der Waals surface area contributed by atoms with Gasteiger partial charge in [-0.3, -0.25) is 0 Å². The summed E-state index contributed by atoms with van der Waals surface area (Å²) in [6.07, 6.45) is 1.27. The number of nitrogens with zero attached hydrogens (tertiary/aromatic N) is 2. The number of rotatable bonds is 6. The molecule has 0 aliphatic heterocycles. The van der Waals surface area contributed by atoms with Crippen LogP contribution in [-0.2, 0) is 11.3 Å². The maximum Gasteiger partial charge on any atom is 0.315 e. The lowest BCUT2D eigenvalue weighted by Gasteiger charge is -2.51. The van der Waals surface area contributed by atoms with Crippen molar-refractivity contribution in [2.24, 2.45) is 5.41 Å². The van der Waals surface area contributed by atoms with E-state index in [2.05, 4.69) is 55.4 Å². The number of hydrogen-bond acceptors (Lipinski definition) is 6. The summed E-state index contributed by atoms with van der Waals surface area (Å²) in [4.78, 5) is 0. The van der Waals surface area contributed by atoms with Gasteiger partial charge >= 0.3 is 6.01 Å². The van der Waals surface area contributed by atoms with Gasteiger partial charge in [0.1, 0.15) is 0 Å². The molecule has 1 heterocycles. The monoisotopic (exact) mass is 296 g/mol. The molecule has 6 heteroatoms. The van der Waals surface area contributed by atoms with Gasteiger partial charge in [0, 0.05) is 23.6 Å². The average molecular weight is 296 g/mol. The highest BCUT2D eigenvalue weighted by molar-refractivity contribution is 5.25. The van der Waals surface area contributed by atoms with Crippen molar-refractivity contribution >= 4 is 6.01 Å². The van der Waals surface area contributed by atoms with Gasteiger partial charge in [-0.05, 0) is 34.1 Å². The molecular weight excluding hydrogens is 268 g/mol. The minimum absolute atomic E-state index is 0.0305. The predicted molar refractivity (Wildman–Crippen MR) is 82.1 cm³/mol. The van der Waals surface area contributed by atoms with E-state index in [1.54, 1.807) is 0 Å². The zero-order valence-electron chi connectivity index (χ0n) is 14.0. The van der Waals surface area contributed by atoms with Gasteiger partial charge in [0.05, 0.1) is 12.6 Å². The Morgan fingerprint density at radius 2 is 2.05 bits per heavy atom. The van der Waals surface area contributed by atoms with Crippen molar-refractivity contribution < 1.29 is 9.15 Å². The van der Waals surface area contributed by atoms with Crippen LogP contribution in [0.5, 0.6) is 0 Å². The summed E-state index contributed by atoms with van der Waals surface area (Å²) in [5.41, 5.74) is 0.108. The number of ether oxygens (including phenoxy) is 1. The van der Waals surface area contributed by atoms with E-state index in [0.717, 1.165) is 13.0 Å². The zero-order valence-corrected chi connectivity index (χ0v) is 14.0. The summed E-state index contributed by atoms with van der Waals surface area (Å²) in [5.74, 6) is 0.603. The Balaban J connectivity index is 1.86. The Labute approximate surface area is 127 Å². The molecule has 120 valence electrons. The Morgan fingerprint density at radius 3 is 2.62 bits per heavy atom. The van der Waals surface area contributed by atoms with E-state index in [1.165, 1.54) is 0 Å². The minimum atomic E-state index is 0.0305. The molecule has 1 aliphatic rings. The van der Waals surface area contributed by atoms with Gasteiger partial charge in [0.2, 0.25) is 5.89 Å². The van der Waals surface area contributed by atoms with Crippen LogP contribution in [0.15, 0.2) is 4.42 Å². The van der Waals surface area contributed by atoms with E-state index in [9.17, 15) is 0 Å². The highest BCUT2D eigenvalue weighted by Crippen LogP contribution is 2.44. The molecule has 0 radical (unpaired) electrons. The molecule has 1 aromatic rings. The molecule has 2 rings (SSSR count). The third-order valence-electron chi connectivity index (χ3n) is 4.08. The van der Waals surface area contributed by atoms with Crippen LogP contribution in [0.1, 0.15) is 53.9 Å². The van der Waals surface area contributed by atoms with Gasteiger partial charge in [-0.25, -0.2) is 0 Å². The second kappa shape index (κ2) is 5.93. The Kier molecular flexibility index (Phi) is 4.58. The first kappa shape index (κ1) is 16.2. The lowest BCUT2D eigenvalue weighted by atomic mass is 9.64. The summed E-state index contributed by atoms with van der Waals surface area (Å²) >= 11 is 0. The van der Waals surface area contributed by atoms with Crippen LogP contribution in [0.4, 0.5) is 6.01 Å². The lowest BCUT2D eigenvalue weighted by molar-refractivity contribution is -0.0980. The Morgan fingerprint density at radius 1 is 1.33 bits per heavy atom. The smallest absolute Gasteiger partial charge is 0.315 e. The van der Waals surface area contributed by atoms with Crippen molar-refractivity contribution in [3.8, 4) is 0 Å². The molecule has 2 unspecified atom stereocenters. The summed E-state index contributed by atoms with van der Waals surface area (Å²) in [6, 6.07) is 0.798. The fourth-order valence-electron chi connectivity index (χ4n) is 2.49. The van der Waals surface area contributed by atoms with Gasteiger partial charge in [-0.2, -0.15) is 0 Å². The van der Waals surface area contributed by atoms with Crippen molar-refractivity contribution in [2.75, 3.05) is 11.9 Å². The zero-order chi connectivity index (χ0) is 15.7. The first-order chi connectivity index (χ1) is 9.72. The molecule has 0 saturated heterocycles. The molecule has 1 saturated carbocycles. The number of nitrogens with one attached hydrogen (secondary N) is 2. The molecule has 2 atom stereocenters. The van der Waals surface area contributed by atoms with Gasteiger partial charge in [0.25, 0.3) is 0 Å². The molecule has 0 bridgehead atoms. The average Bonchev–Trinajstić information content (AvgIpc) is 2.82. The van der Waals surface area contributed by atoms with Gasteiger partial charge in [0.15, 0.2) is 0 Å². The Hall–Kier alpha value is -1.14. The standard InChI is InChI=1S/C15H28N4O2/c1-7-20-11-8-10(15(11,5)6)17-13-19-18-12(21-13)9-16-14(2,3)4/h10-11,16H,7-9H2,1-6H3,(H,17,19). The lowest BCUT2D eigenvalue weighted by Crippen LogP contribution is -2.58. The summed E-state index contributed by atoms with van der Waals surface area (Å²) in [5, 5.41) is 14.8. The van der Waals surface area contributed by atoms with Crippen molar-refractivity contribution in [3.05, 3.63) is 5.89 Å². The Bertz CT molecular complexity index is 464. The summed E-state index contributed by atoms with van der Waals surface area (Å²) in [6.45, 7) is 14.1. The van der Waals surface area contributed by atoms with E-state index < -0.39 is 0 Å². The van der Waals surface area contributed by atoms with Gasteiger partial charge < -0.3 is 19.8 Å². The van der Waals surface area contributed by atoms with E-state index in [4.69, 9.17) is 9.15 Å². The second-order valence-corrected chi connectivity index (χ2v) is 7.30. The number of anilines is 1. The predicted octanol–water partition coefficient (Wildman–Crippen LogP) is 2.57. The summed E-state index contributed by atoms with van der Waals surface area (Å²) in [7, 11) is 0. The van der Waals surface area contributed by atoms with Crippen LogP contribution in [0.25, 0.3) is 0 Å². The van der Waals surface area contributed by atoms with E-state index in [-0.39, 0.29) is 11.0 Å². The van der Waals surface area contributed by atoms with Crippen LogP contribution >= 0.6 is 0 Å². The van der Waals surface area contributed by atoms with Crippen LogP contribution < -0.4 is 10.6 Å². The van der Waals surface area contributed by atoms with Crippen LogP contribution in [-0.4, -0.2) is 34.5 Å². The quantitative estimate of drug-likeness (QED) is 0.840. The highest BCUT2D eigenvalue weighted by atomic mass is 16.5. The normalized spacial score (nSPS) is 24.7. The van der Waals surface area contributed by atoms with Crippen LogP contribution in [0.2, 0.25) is 0 Å². The molecule has 1 aliphatic carbocycles. The highest BCUT2D eigenvalue weighted by Gasteiger charge is 2.49. The molecule has 1 aromatic heterocycles. The maximum absolute atomic E-state index is 5.73. The van der Waals surface area contributed by atoms with Crippen molar-refractivity contribution in [3.63, 3.8) is 0 Å². The van der Waals surface area contributed by atoms with E-state index >= 15 is 0 Å². The third kappa shape index (κ3) is 3.95. The van der Waals surface area contributed by atoms with Crippen LogP contribution in [0, 0.1) is 5.41 Å². The van der Waals surface area contributed by atoms with Crippen molar-refractivity contribution in [1.29, 1.82) is 0 Å². The van der Waals surface area contributed by atoms with E-state index in [0.29, 0.717) is 30.6 Å². The topological polar surface area (TPSA) is 72.2 Å². The third-order valence-corrected chi connectivity index (χ3v) is 4.08. The molecule has 6 nitrogen and oxygen atoms in total. The summed E-state index contributed by atoms with van der Waals surface area (Å²) < 4.78 is 11.4. The van der Waals surface area contributed by atoms with E-state index in [1.807, 2.05) is 6.92 Å². The fraction of sp³-hybridized carbons (Fsp3) is 0.867. The fourth-order valence-corrected chi connectivity index (χ4v) is 2.49. The van der Waals surface area contributed by atoms with Crippen molar-refractivity contribution in [2.45, 2.75) is 72.2 Å². The molecule has 0 aromatic carbocycles.